The second kappa shape index (κ2) is 3.39. The molecule has 0 saturated carbocycles. The van der Waals surface area contributed by atoms with Gasteiger partial charge < -0.3 is 5.73 Å². The molecule has 2 rings (SSSR count). The highest BCUT2D eigenvalue weighted by Gasteiger charge is 2.20. The summed E-state index contributed by atoms with van der Waals surface area (Å²) in [6.45, 7) is 0. The quantitative estimate of drug-likeness (QED) is 0.674. The molecule has 0 bridgehead atoms. The molecular weight excluding hydrogens is 179 g/mol. The van der Waals surface area contributed by atoms with E-state index < -0.39 is 5.82 Å². The van der Waals surface area contributed by atoms with Crippen LogP contribution in [0, 0.1) is 17.1 Å². The number of benzene rings is 1. The average molecular weight is 190 g/mol. The van der Waals surface area contributed by atoms with Crippen LogP contribution in [0.4, 0.5) is 4.39 Å². The summed E-state index contributed by atoms with van der Waals surface area (Å²) in [5.74, 6) is -0.415. The average Bonchev–Trinajstić information content (AvgIpc) is 2.18. The largest absolute Gasteiger partial charge is 0.327 e. The van der Waals surface area contributed by atoms with Gasteiger partial charge in [0.2, 0.25) is 0 Å². The van der Waals surface area contributed by atoms with Crippen LogP contribution in [0.1, 0.15) is 23.1 Å². The molecule has 0 radical (unpaired) electrons. The molecule has 0 saturated heterocycles. The SMILES string of the molecule is N#Cc1c(F)ccc2c1CC[C@H](N)C2. The van der Waals surface area contributed by atoms with Crippen LogP contribution in [0.3, 0.4) is 0 Å². The van der Waals surface area contributed by atoms with E-state index in [4.69, 9.17) is 11.0 Å². The first-order valence-corrected chi connectivity index (χ1v) is 4.68. The normalized spacial score (nSPS) is 19.9. The van der Waals surface area contributed by atoms with Crippen LogP contribution >= 0.6 is 0 Å². The van der Waals surface area contributed by atoms with Gasteiger partial charge in [0, 0.05) is 6.04 Å². The van der Waals surface area contributed by atoms with Crippen molar-refractivity contribution in [1.82, 2.24) is 0 Å². The van der Waals surface area contributed by atoms with Gasteiger partial charge in [0.15, 0.2) is 0 Å². The topological polar surface area (TPSA) is 49.8 Å². The van der Waals surface area contributed by atoms with Crippen LogP contribution in [-0.2, 0) is 12.8 Å². The summed E-state index contributed by atoms with van der Waals surface area (Å²) in [4.78, 5) is 0. The second-order valence-electron chi connectivity index (χ2n) is 3.67. The van der Waals surface area contributed by atoms with E-state index in [2.05, 4.69) is 0 Å². The number of fused-ring (bicyclic) bond motifs is 1. The van der Waals surface area contributed by atoms with Crippen molar-refractivity contribution < 1.29 is 4.39 Å². The van der Waals surface area contributed by atoms with Gasteiger partial charge >= 0.3 is 0 Å². The third kappa shape index (κ3) is 1.38. The Morgan fingerprint density at radius 3 is 3.00 bits per heavy atom. The van der Waals surface area contributed by atoms with Crippen molar-refractivity contribution >= 4 is 0 Å². The van der Waals surface area contributed by atoms with E-state index in [0.717, 1.165) is 30.4 Å². The minimum absolute atomic E-state index is 0.152. The summed E-state index contributed by atoms with van der Waals surface area (Å²) in [7, 11) is 0. The number of rotatable bonds is 0. The number of hydrogen-bond acceptors (Lipinski definition) is 2. The van der Waals surface area contributed by atoms with Gasteiger partial charge in [0.1, 0.15) is 11.9 Å². The Hall–Kier alpha value is -1.40. The van der Waals surface area contributed by atoms with Gasteiger partial charge in [-0.2, -0.15) is 5.26 Å². The predicted octanol–water partition coefficient (Wildman–Crippen LogP) is 1.51. The Labute approximate surface area is 82.1 Å². The fourth-order valence-electron chi connectivity index (χ4n) is 1.97. The molecule has 0 aromatic heterocycles. The van der Waals surface area contributed by atoms with E-state index in [-0.39, 0.29) is 11.6 Å². The molecule has 1 aromatic carbocycles. The number of halogens is 1. The molecule has 0 heterocycles. The third-order valence-electron chi connectivity index (χ3n) is 2.72. The van der Waals surface area contributed by atoms with Crippen molar-refractivity contribution in [1.29, 1.82) is 5.26 Å². The van der Waals surface area contributed by atoms with Crippen LogP contribution < -0.4 is 5.73 Å². The maximum atomic E-state index is 13.2. The van der Waals surface area contributed by atoms with Crippen molar-refractivity contribution in [2.45, 2.75) is 25.3 Å². The number of nitrogens with two attached hydrogens (primary N) is 1. The van der Waals surface area contributed by atoms with E-state index in [1.165, 1.54) is 6.07 Å². The van der Waals surface area contributed by atoms with E-state index in [0.29, 0.717) is 0 Å². The molecule has 0 fully saturated rings. The molecule has 1 atom stereocenters. The smallest absolute Gasteiger partial charge is 0.141 e. The number of nitriles is 1. The van der Waals surface area contributed by atoms with E-state index >= 15 is 0 Å². The first-order chi connectivity index (χ1) is 6.72. The third-order valence-corrected chi connectivity index (χ3v) is 2.72. The van der Waals surface area contributed by atoms with E-state index in [1.54, 1.807) is 6.07 Å². The van der Waals surface area contributed by atoms with Gasteiger partial charge in [-0.05, 0) is 36.5 Å². The molecule has 14 heavy (non-hydrogen) atoms. The first kappa shape index (κ1) is 9.17. The minimum Gasteiger partial charge on any atom is -0.327 e. The van der Waals surface area contributed by atoms with Gasteiger partial charge in [0.05, 0.1) is 5.56 Å². The fraction of sp³-hybridized carbons (Fsp3) is 0.364. The Morgan fingerprint density at radius 1 is 1.50 bits per heavy atom. The number of nitrogens with zero attached hydrogens (tertiary/aromatic N) is 1. The van der Waals surface area contributed by atoms with Crippen LogP contribution in [0.15, 0.2) is 12.1 Å². The van der Waals surface area contributed by atoms with E-state index in [1.807, 2.05) is 6.07 Å². The van der Waals surface area contributed by atoms with Gasteiger partial charge in [-0.1, -0.05) is 6.07 Å². The molecule has 3 heteroatoms. The summed E-state index contributed by atoms with van der Waals surface area (Å²) < 4.78 is 13.2. The highest BCUT2D eigenvalue weighted by molar-refractivity contribution is 5.45. The van der Waals surface area contributed by atoms with Crippen molar-refractivity contribution in [3.63, 3.8) is 0 Å². The summed E-state index contributed by atoms with van der Waals surface area (Å²) >= 11 is 0. The standard InChI is InChI=1S/C11H11FN2/c12-11-4-1-7-5-8(14)2-3-9(7)10(11)6-13/h1,4,8H,2-3,5,14H2/t8-/m0/s1. The van der Waals surface area contributed by atoms with Crippen molar-refractivity contribution in [3.05, 3.63) is 34.6 Å². The highest BCUT2D eigenvalue weighted by atomic mass is 19.1. The predicted molar refractivity (Wildman–Crippen MR) is 51.1 cm³/mol. The van der Waals surface area contributed by atoms with Crippen molar-refractivity contribution in [3.8, 4) is 6.07 Å². The molecule has 0 aliphatic heterocycles. The monoisotopic (exact) mass is 190 g/mol. The molecule has 1 aliphatic rings. The van der Waals surface area contributed by atoms with Crippen molar-refractivity contribution in [2.75, 3.05) is 0 Å². The fourth-order valence-corrected chi connectivity index (χ4v) is 1.97. The molecule has 0 amide bonds. The van der Waals surface area contributed by atoms with Crippen LogP contribution in [0.5, 0.6) is 0 Å². The molecular formula is C11H11FN2. The summed E-state index contributed by atoms with van der Waals surface area (Å²) in [5.41, 5.74) is 7.89. The van der Waals surface area contributed by atoms with E-state index in [9.17, 15) is 4.39 Å². The van der Waals surface area contributed by atoms with Gasteiger partial charge in [-0.3, -0.25) is 0 Å². The van der Waals surface area contributed by atoms with Crippen LogP contribution in [-0.4, -0.2) is 6.04 Å². The lowest BCUT2D eigenvalue weighted by atomic mass is 9.86. The van der Waals surface area contributed by atoms with Gasteiger partial charge in [-0.15, -0.1) is 0 Å². The zero-order valence-corrected chi connectivity index (χ0v) is 7.76. The molecule has 2 nitrogen and oxygen atoms in total. The summed E-state index contributed by atoms with van der Waals surface area (Å²) in [6, 6.07) is 5.17. The Balaban J connectivity index is 2.54. The summed E-state index contributed by atoms with van der Waals surface area (Å²) in [6.07, 6.45) is 2.31. The molecule has 0 unspecified atom stereocenters. The lowest BCUT2D eigenvalue weighted by Gasteiger charge is -2.22. The van der Waals surface area contributed by atoms with Crippen LogP contribution in [0.25, 0.3) is 0 Å². The van der Waals surface area contributed by atoms with Crippen molar-refractivity contribution in [2.24, 2.45) is 5.73 Å². The summed E-state index contributed by atoms with van der Waals surface area (Å²) in [5, 5.41) is 8.82. The molecule has 2 N–H and O–H groups in total. The maximum absolute atomic E-state index is 13.2. The Morgan fingerprint density at radius 2 is 2.29 bits per heavy atom. The highest BCUT2D eigenvalue weighted by Crippen LogP contribution is 2.25. The first-order valence-electron chi connectivity index (χ1n) is 4.68. The molecule has 0 spiro atoms. The zero-order chi connectivity index (χ0) is 10.1. The number of hydrogen-bond donors (Lipinski definition) is 1. The Kier molecular flexibility index (Phi) is 2.22. The minimum atomic E-state index is -0.415. The zero-order valence-electron chi connectivity index (χ0n) is 7.76. The molecule has 1 aliphatic carbocycles. The lowest BCUT2D eigenvalue weighted by Crippen LogP contribution is -2.28. The van der Waals surface area contributed by atoms with Crippen LogP contribution in [0.2, 0.25) is 0 Å². The van der Waals surface area contributed by atoms with Gasteiger partial charge in [0.25, 0.3) is 0 Å². The molecule has 1 aromatic rings. The molecule has 72 valence electrons. The lowest BCUT2D eigenvalue weighted by molar-refractivity contribution is 0.564. The van der Waals surface area contributed by atoms with Gasteiger partial charge in [-0.25, -0.2) is 4.39 Å². The maximum Gasteiger partial charge on any atom is 0.141 e. The Bertz CT molecular complexity index is 406. The second-order valence-corrected chi connectivity index (χ2v) is 3.67.